The molecule has 0 bridgehead atoms. The highest BCUT2D eigenvalue weighted by atomic mass is 16.5. The zero-order valence-electron chi connectivity index (χ0n) is 15.9. The SMILES string of the molecule is CN=C(NCCCOCC1CCCO1)NCc1nnc2n1CCCCC2. The number of ether oxygens (including phenoxy) is 2. The maximum absolute atomic E-state index is 5.68. The summed E-state index contributed by atoms with van der Waals surface area (Å²) in [6, 6.07) is 0. The number of fused-ring (bicyclic) bond motifs is 1. The topological polar surface area (TPSA) is 85.6 Å². The summed E-state index contributed by atoms with van der Waals surface area (Å²) < 4.78 is 13.5. The Balaban J connectivity index is 1.31. The second kappa shape index (κ2) is 10.5. The van der Waals surface area contributed by atoms with Gasteiger partial charge in [0, 0.05) is 39.8 Å². The number of aryl methyl sites for hydroxylation is 1. The highest BCUT2D eigenvalue weighted by Crippen LogP contribution is 2.14. The standard InChI is InChI=1S/C18H32N6O2/c1-19-18(20-9-6-11-25-14-15-7-5-12-26-15)21-13-17-23-22-16-8-3-2-4-10-24(16)17/h15H,2-14H2,1H3,(H2,19,20,21). The fourth-order valence-corrected chi connectivity index (χ4v) is 3.43. The van der Waals surface area contributed by atoms with Crippen molar-refractivity contribution in [2.75, 3.05) is 33.4 Å². The van der Waals surface area contributed by atoms with Crippen molar-refractivity contribution in [3.8, 4) is 0 Å². The van der Waals surface area contributed by atoms with E-state index in [1.165, 1.54) is 19.3 Å². The lowest BCUT2D eigenvalue weighted by molar-refractivity contribution is 0.0168. The molecule has 1 unspecified atom stereocenters. The van der Waals surface area contributed by atoms with Gasteiger partial charge < -0.3 is 24.7 Å². The number of rotatable bonds is 8. The largest absolute Gasteiger partial charge is 0.379 e. The Hall–Kier alpha value is -1.67. The Labute approximate surface area is 155 Å². The summed E-state index contributed by atoms with van der Waals surface area (Å²) in [6.45, 7) is 4.82. The Morgan fingerprint density at radius 3 is 3.08 bits per heavy atom. The van der Waals surface area contributed by atoms with Gasteiger partial charge in [-0.05, 0) is 32.1 Å². The zero-order chi connectivity index (χ0) is 18.0. The average molecular weight is 364 g/mol. The Bertz CT molecular complexity index is 568. The monoisotopic (exact) mass is 364 g/mol. The first-order valence-electron chi connectivity index (χ1n) is 9.91. The van der Waals surface area contributed by atoms with Gasteiger partial charge in [-0.1, -0.05) is 6.42 Å². The zero-order valence-corrected chi connectivity index (χ0v) is 15.9. The molecular formula is C18H32N6O2. The van der Waals surface area contributed by atoms with Gasteiger partial charge >= 0.3 is 0 Å². The second-order valence-corrected chi connectivity index (χ2v) is 6.91. The Morgan fingerprint density at radius 2 is 2.23 bits per heavy atom. The van der Waals surface area contributed by atoms with Crippen LogP contribution < -0.4 is 10.6 Å². The normalized spacial score (nSPS) is 20.7. The number of hydrogen-bond acceptors (Lipinski definition) is 5. The molecule has 0 aliphatic carbocycles. The summed E-state index contributed by atoms with van der Waals surface area (Å²) in [5.74, 6) is 2.89. The first kappa shape index (κ1) is 19.1. The van der Waals surface area contributed by atoms with Crippen LogP contribution in [0.5, 0.6) is 0 Å². The van der Waals surface area contributed by atoms with Crippen molar-refractivity contribution < 1.29 is 9.47 Å². The molecule has 146 valence electrons. The smallest absolute Gasteiger partial charge is 0.191 e. The molecular weight excluding hydrogens is 332 g/mol. The lowest BCUT2D eigenvalue weighted by atomic mass is 10.2. The predicted molar refractivity (Wildman–Crippen MR) is 100 cm³/mol. The molecule has 3 rings (SSSR count). The molecule has 0 aromatic carbocycles. The molecule has 2 aliphatic heterocycles. The molecule has 2 N–H and O–H groups in total. The molecule has 0 saturated carbocycles. The maximum atomic E-state index is 5.68. The van der Waals surface area contributed by atoms with E-state index in [4.69, 9.17) is 9.47 Å². The maximum Gasteiger partial charge on any atom is 0.191 e. The van der Waals surface area contributed by atoms with Crippen molar-refractivity contribution in [1.82, 2.24) is 25.4 Å². The van der Waals surface area contributed by atoms with E-state index in [0.717, 1.165) is 69.6 Å². The van der Waals surface area contributed by atoms with Gasteiger partial charge in [-0.2, -0.15) is 0 Å². The predicted octanol–water partition coefficient (Wildman–Crippen LogP) is 1.26. The summed E-state index contributed by atoms with van der Waals surface area (Å²) in [7, 11) is 1.79. The van der Waals surface area contributed by atoms with E-state index in [1.807, 2.05) is 0 Å². The number of aromatic nitrogens is 3. The van der Waals surface area contributed by atoms with Crippen LogP contribution in [-0.2, 0) is 29.0 Å². The minimum atomic E-state index is 0.302. The van der Waals surface area contributed by atoms with Gasteiger partial charge in [0.2, 0.25) is 0 Å². The van der Waals surface area contributed by atoms with Crippen LogP contribution in [0.2, 0.25) is 0 Å². The van der Waals surface area contributed by atoms with Gasteiger partial charge in [0.1, 0.15) is 5.82 Å². The molecule has 0 radical (unpaired) electrons. The number of nitrogens with one attached hydrogen (secondary N) is 2. The molecule has 8 nitrogen and oxygen atoms in total. The summed E-state index contributed by atoms with van der Waals surface area (Å²) in [4.78, 5) is 4.28. The van der Waals surface area contributed by atoms with Gasteiger partial charge in [-0.15, -0.1) is 10.2 Å². The lowest BCUT2D eigenvalue weighted by Gasteiger charge is -2.13. The third-order valence-corrected chi connectivity index (χ3v) is 4.91. The van der Waals surface area contributed by atoms with Gasteiger partial charge in [0.05, 0.1) is 19.3 Å². The lowest BCUT2D eigenvalue weighted by Crippen LogP contribution is -2.38. The van der Waals surface area contributed by atoms with Gasteiger partial charge in [-0.3, -0.25) is 4.99 Å². The fraction of sp³-hybridized carbons (Fsp3) is 0.833. The van der Waals surface area contributed by atoms with E-state index in [0.29, 0.717) is 19.3 Å². The van der Waals surface area contributed by atoms with Crippen molar-refractivity contribution in [3.05, 3.63) is 11.6 Å². The molecule has 1 aromatic rings. The van der Waals surface area contributed by atoms with Crippen molar-refractivity contribution in [2.45, 2.75) is 64.1 Å². The number of nitrogens with zero attached hydrogens (tertiary/aromatic N) is 4. The van der Waals surface area contributed by atoms with Crippen molar-refractivity contribution >= 4 is 5.96 Å². The van der Waals surface area contributed by atoms with Crippen molar-refractivity contribution in [3.63, 3.8) is 0 Å². The first-order chi connectivity index (χ1) is 12.9. The number of hydrogen-bond donors (Lipinski definition) is 2. The van der Waals surface area contributed by atoms with E-state index in [1.54, 1.807) is 7.05 Å². The molecule has 1 aromatic heterocycles. The summed E-state index contributed by atoms with van der Waals surface area (Å²) in [5, 5.41) is 15.3. The molecule has 1 saturated heterocycles. The Morgan fingerprint density at radius 1 is 1.27 bits per heavy atom. The summed E-state index contributed by atoms with van der Waals surface area (Å²) >= 11 is 0. The third-order valence-electron chi connectivity index (χ3n) is 4.91. The molecule has 0 spiro atoms. The van der Waals surface area contributed by atoms with Crippen LogP contribution in [0.1, 0.15) is 50.2 Å². The molecule has 8 heteroatoms. The second-order valence-electron chi connectivity index (χ2n) is 6.91. The minimum Gasteiger partial charge on any atom is -0.379 e. The summed E-state index contributed by atoms with van der Waals surface area (Å²) in [5.41, 5.74) is 0. The highest BCUT2D eigenvalue weighted by Gasteiger charge is 2.15. The van der Waals surface area contributed by atoms with E-state index in [-0.39, 0.29) is 0 Å². The quantitative estimate of drug-likeness (QED) is 0.410. The minimum absolute atomic E-state index is 0.302. The third kappa shape index (κ3) is 5.67. The van der Waals surface area contributed by atoms with Crippen molar-refractivity contribution in [1.29, 1.82) is 0 Å². The molecule has 3 heterocycles. The van der Waals surface area contributed by atoms with Gasteiger partial charge in [0.25, 0.3) is 0 Å². The van der Waals surface area contributed by atoms with Gasteiger partial charge in [0.15, 0.2) is 11.8 Å². The van der Waals surface area contributed by atoms with Crippen LogP contribution in [0.15, 0.2) is 4.99 Å². The van der Waals surface area contributed by atoms with Crippen LogP contribution in [0.4, 0.5) is 0 Å². The first-order valence-corrected chi connectivity index (χ1v) is 9.91. The van der Waals surface area contributed by atoms with E-state index in [9.17, 15) is 0 Å². The molecule has 0 amide bonds. The van der Waals surface area contributed by atoms with Crippen molar-refractivity contribution in [2.24, 2.45) is 4.99 Å². The Kier molecular flexibility index (Phi) is 7.69. The van der Waals surface area contributed by atoms with Crippen LogP contribution in [-0.4, -0.2) is 60.2 Å². The van der Waals surface area contributed by atoms with Crippen LogP contribution in [0.3, 0.4) is 0 Å². The number of aliphatic imine (C=N–C) groups is 1. The average Bonchev–Trinajstić information content (AvgIpc) is 3.25. The van der Waals surface area contributed by atoms with E-state index >= 15 is 0 Å². The fourth-order valence-electron chi connectivity index (χ4n) is 3.43. The molecule has 1 fully saturated rings. The van der Waals surface area contributed by atoms with E-state index < -0.39 is 0 Å². The molecule has 26 heavy (non-hydrogen) atoms. The molecule has 1 atom stereocenters. The van der Waals surface area contributed by atoms with Gasteiger partial charge in [-0.25, -0.2) is 0 Å². The summed E-state index contributed by atoms with van der Waals surface area (Å²) in [6.07, 6.45) is 8.25. The van der Waals surface area contributed by atoms with Crippen LogP contribution >= 0.6 is 0 Å². The number of guanidine groups is 1. The molecule has 2 aliphatic rings. The van der Waals surface area contributed by atoms with Crippen LogP contribution in [0.25, 0.3) is 0 Å². The van der Waals surface area contributed by atoms with E-state index in [2.05, 4.69) is 30.4 Å². The highest BCUT2D eigenvalue weighted by molar-refractivity contribution is 5.79. The van der Waals surface area contributed by atoms with Crippen LogP contribution in [0, 0.1) is 0 Å².